The number of hydrogen-bond acceptors (Lipinski definition) is 3. The molecule has 0 radical (unpaired) electrons. The molecule has 2 atom stereocenters. The predicted molar refractivity (Wildman–Crippen MR) is 66.5 cm³/mol. The van der Waals surface area contributed by atoms with Gasteiger partial charge in [0.15, 0.2) is 0 Å². The van der Waals surface area contributed by atoms with E-state index in [0.29, 0.717) is 18.3 Å². The summed E-state index contributed by atoms with van der Waals surface area (Å²) in [6, 6.07) is 0. The van der Waals surface area contributed by atoms with Crippen LogP contribution in [0.2, 0.25) is 0 Å². The lowest BCUT2D eigenvalue weighted by atomic mass is 9.72. The first-order valence-electron chi connectivity index (χ1n) is 6.56. The van der Waals surface area contributed by atoms with Gasteiger partial charge in [-0.3, -0.25) is 4.68 Å². The van der Waals surface area contributed by atoms with E-state index in [1.165, 1.54) is 6.42 Å². The lowest BCUT2D eigenvalue weighted by molar-refractivity contribution is -0.0246. The molecule has 0 saturated heterocycles. The molecule has 4 nitrogen and oxygen atoms in total. The second-order valence-corrected chi connectivity index (χ2v) is 5.89. The normalized spacial score (nSPS) is 29.8. The zero-order chi connectivity index (χ0) is 12.5. The Labute approximate surface area is 103 Å². The van der Waals surface area contributed by atoms with Crippen LogP contribution in [-0.2, 0) is 13.5 Å². The Morgan fingerprint density at radius 1 is 1.59 bits per heavy atom. The van der Waals surface area contributed by atoms with Gasteiger partial charge in [-0.25, -0.2) is 0 Å². The van der Waals surface area contributed by atoms with Gasteiger partial charge in [0.05, 0.1) is 11.3 Å². The van der Waals surface area contributed by atoms with Crippen molar-refractivity contribution in [1.29, 1.82) is 0 Å². The standard InChI is InChI=1S/C13H23N3O/c1-10(2)11-5-4-6-13(17,7-11)8-12-9-16(3)15-14-12/h9-11,17H,4-8H2,1-3H3. The number of aryl methyl sites for hydroxylation is 1. The fourth-order valence-corrected chi connectivity index (χ4v) is 2.93. The average Bonchev–Trinajstić information content (AvgIpc) is 2.63. The van der Waals surface area contributed by atoms with Crippen molar-refractivity contribution in [3.05, 3.63) is 11.9 Å². The summed E-state index contributed by atoms with van der Waals surface area (Å²) in [4.78, 5) is 0. The summed E-state index contributed by atoms with van der Waals surface area (Å²) in [6.45, 7) is 4.50. The summed E-state index contributed by atoms with van der Waals surface area (Å²) < 4.78 is 1.70. The third-order valence-electron chi connectivity index (χ3n) is 3.96. The van der Waals surface area contributed by atoms with Gasteiger partial charge in [0.2, 0.25) is 0 Å². The lowest BCUT2D eigenvalue weighted by Gasteiger charge is -2.38. The van der Waals surface area contributed by atoms with Crippen molar-refractivity contribution >= 4 is 0 Å². The molecular weight excluding hydrogens is 214 g/mol. The van der Waals surface area contributed by atoms with Crippen LogP contribution in [0.4, 0.5) is 0 Å². The van der Waals surface area contributed by atoms with Crippen LogP contribution in [0.5, 0.6) is 0 Å². The van der Waals surface area contributed by atoms with E-state index in [0.717, 1.165) is 25.0 Å². The molecule has 0 spiro atoms. The molecule has 1 heterocycles. The number of nitrogens with zero attached hydrogens (tertiary/aromatic N) is 3. The maximum absolute atomic E-state index is 10.7. The molecule has 0 bridgehead atoms. The first-order valence-corrected chi connectivity index (χ1v) is 6.56. The van der Waals surface area contributed by atoms with Crippen molar-refractivity contribution in [1.82, 2.24) is 15.0 Å². The summed E-state index contributed by atoms with van der Waals surface area (Å²) in [5.74, 6) is 1.30. The number of aromatic nitrogens is 3. The first kappa shape index (κ1) is 12.6. The van der Waals surface area contributed by atoms with E-state index in [1.54, 1.807) is 4.68 Å². The van der Waals surface area contributed by atoms with Crippen LogP contribution in [0.15, 0.2) is 6.20 Å². The average molecular weight is 237 g/mol. The zero-order valence-corrected chi connectivity index (χ0v) is 11.1. The molecule has 1 aromatic heterocycles. The van der Waals surface area contributed by atoms with Crippen molar-refractivity contribution in [2.45, 2.75) is 51.6 Å². The van der Waals surface area contributed by atoms with Gasteiger partial charge < -0.3 is 5.11 Å². The molecule has 1 saturated carbocycles. The molecule has 2 rings (SSSR count). The first-order chi connectivity index (χ1) is 7.98. The third-order valence-corrected chi connectivity index (χ3v) is 3.96. The van der Waals surface area contributed by atoms with E-state index in [4.69, 9.17) is 0 Å². The Hall–Kier alpha value is -0.900. The van der Waals surface area contributed by atoms with Gasteiger partial charge in [0.1, 0.15) is 0 Å². The van der Waals surface area contributed by atoms with E-state index in [2.05, 4.69) is 24.2 Å². The molecule has 1 N–H and O–H groups in total. The lowest BCUT2D eigenvalue weighted by Crippen LogP contribution is -2.38. The van der Waals surface area contributed by atoms with Crippen LogP contribution < -0.4 is 0 Å². The third kappa shape index (κ3) is 3.06. The van der Waals surface area contributed by atoms with Gasteiger partial charge in [0.25, 0.3) is 0 Å². The molecule has 96 valence electrons. The Morgan fingerprint density at radius 2 is 2.35 bits per heavy atom. The van der Waals surface area contributed by atoms with Crippen molar-refractivity contribution in [2.24, 2.45) is 18.9 Å². The smallest absolute Gasteiger partial charge is 0.0855 e. The van der Waals surface area contributed by atoms with Crippen LogP contribution in [0.25, 0.3) is 0 Å². The Morgan fingerprint density at radius 3 is 2.94 bits per heavy atom. The minimum atomic E-state index is -0.566. The van der Waals surface area contributed by atoms with Gasteiger partial charge in [-0.15, -0.1) is 5.10 Å². The fraction of sp³-hybridized carbons (Fsp3) is 0.846. The maximum atomic E-state index is 10.7. The van der Waals surface area contributed by atoms with Gasteiger partial charge >= 0.3 is 0 Å². The molecule has 0 aromatic carbocycles. The van der Waals surface area contributed by atoms with Crippen molar-refractivity contribution < 1.29 is 5.11 Å². The molecule has 2 unspecified atom stereocenters. The highest BCUT2D eigenvalue weighted by atomic mass is 16.3. The summed E-state index contributed by atoms with van der Waals surface area (Å²) in [5, 5.41) is 18.7. The summed E-state index contributed by atoms with van der Waals surface area (Å²) in [6.07, 6.45) is 6.72. The second kappa shape index (κ2) is 4.77. The largest absolute Gasteiger partial charge is 0.389 e. The summed E-state index contributed by atoms with van der Waals surface area (Å²) in [7, 11) is 1.86. The van der Waals surface area contributed by atoms with E-state index in [1.807, 2.05) is 13.2 Å². The van der Waals surface area contributed by atoms with Gasteiger partial charge in [-0.1, -0.05) is 25.5 Å². The Balaban J connectivity index is 2.03. The van der Waals surface area contributed by atoms with E-state index >= 15 is 0 Å². The van der Waals surface area contributed by atoms with Crippen molar-refractivity contribution in [3.63, 3.8) is 0 Å². The SMILES string of the molecule is CC(C)C1CCCC(O)(Cc2cn(C)nn2)C1. The van der Waals surface area contributed by atoms with Crippen LogP contribution in [0.3, 0.4) is 0 Å². The molecule has 1 aliphatic carbocycles. The molecule has 4 heteroatoms. The predicted octanol–water partition coefficient (Wildman–Crippen LogP) is 1.93. The molecule has 1 aromatic rings. The molecule has 1 aliphatic rings. The van der Waals surface area contributed by atoms with Crippen LogP contribution in [0, 0.1) is 11.8 Å². The van der Waals surface area contributed by atoms with Crippen molar-refractivity contribution in [2.75, 3.05) is 0 Å². The van der Waals surface area contributed by atoms with Gasteiger partial charge in [-0.05, 0) is 31.1 Å². The highest BCUT2D eigenvalue weighted by molar-refractivity contribution is 5.01. The minimum absolute atomic E-state index is 0.566. The number of rotatable bonds is 3. The van der Waals surface area contributed by atoms with Crippen LogP contribution in [0.1, 0.15) is 45.2 Å². The summed E-state index contributed by atoms with van der Waals surface area (Å²) in [5.41, 5.74) is 0.336. The number of hydrogen-bond donors (Lipinski definition) is 1. The molecular formula is C13H23N3O. The number of aliphatic hydroxyl groups is 1. The zero-order valence-electron chi connectivity index (χ0n) is 11.1. The topological polar surface area (TPSA) is 50.9 Å². The molecule has 0 amide bonds. The Kier molecular flexibility index (Phi) is 3.52. The van der Waals surface area contributed by atoms with E-state index in [-0.39, 0.29) is 0 Å². The second-order valence-electron chi connectivity index (χ2n) is 5.89. The van der Waals surface area contributed by atoms with E-state index < -0.39 is 5.60 Å². The van der Waals surface area contributed by atoms with Crippen LogP contribution in [-0.4, -0.2) is 25.7 Å². The highest BCUT2D eigenvalue weighted by Gasteiger charge is 2.36. The van der Waals surface area contributed by atoms with E-state index in [9.17, 15) is 5.11 Å². The summed E-state index contributed by atoms with van der Waals surface area (Å²) >= 11 is 0. The molecule has 1 fully saturated rings. The maximum Gasteiger partial charge on any atom is 0.0855 e. The Bertz CT molecular complexity index is 374. The van der Waals surface area contributed by atoms with Gasteiger partial charge in [0, 0.05) is 19.7 Å². The quantitative estimate of drug-likeness (QED) is 0.874. The molecule has 17 heavy (non-hydrogen) atoms. The van der Waals surface area contributed by atoms with Crippen molar-refractivity contribution in [3.8, 4) is 0 Å². The fourth-order valence-electron chi connectivity index (χ4n) is 2.93. The molecule has 0 aliphatic heterocycles. The van der Waals surface area contributed by atoms with Gasteiger partial charge in [-0.2, -0.15) is 0 Å². The van der Waals surface area contributed by atoms with Crippen LogP contribution >= 0.6 is 0 Å². The minimum Gasteiger partial charge on any atom is -0.389 e. The highest BCUT2D eigenvalue weighted by Crippen LogP contribution is 2.37. The monoisotopic (exact) mass is 237 g/mol.